The van der Waals surface area contributed by atoms with Crippen LogP contribution >= 0.6 is 0 Å². The van der Waals surface area contributed by atoms with Crippen LogP contribution < -0.4 is 10.6 Å². The summed E-state index contributed by atoms with van der Waals surface area (Å²) in [6.45, 7) is 6.00. The van der Waals surface area contributed by atoms with Gasteiger partial charge < -0.3 is 10.6 Å². The highest BCUT2D eigenvalue weighted by Crippen LogP contribution is 2.21. The SMILES string of the molecule is CC(C)c1nc(N2CCCCC2)ncc1C(N)=O. The number of piperidine rings is 1. The lowest BCUT2D eigenvalue weighted by Crippen LogP contribution is -2.31. The number of nitrogens with zero attached hydrogens (tertiary/aromatic N) is 3. The Balaban J connectivity index is 2.33. The molecule has 0 spiro atoms. The van der Waals surface area contributed by atoms with Crippen molar-refractivity contribution in [1.29, 1.82) is 0 Å². The Bertz CT molecular complexity index is 439. The fraction of sp³-hybridized carbons (Fsp3) is 0.615. The summed E-state index contributed by atoms with van der Waals surface area (Å²) in [7, 11) is 0. The van der Waals surface area contributed by atoms with E-state index in [1.165, 1.54) is 19.3 Å². The first-order valence-corrected chi connectivity index (χ1v) is 6.51. The summed E-state index contributed by atoms with van der Waals surface area (Å²) in [6.07, 6.45) is 5.19. The quantitative estimate of drug-likeness (QED) is 0.883. The van der Waals surface area contributed by atoms with Gasteiger partial charge in [-0.3, -0.25) is 4.79 Å². The molecule has 2 rings (SSSR count). The molecule has 0 saturated carbocycles. The molecule has 1 aliphatic rings. The minimum Gasteiger partial charge on any atom is -0.365 e. The second kappa shape index (κ2) is 5.33. The summed E-state index contributed by atoms with van der Waals surface area (Å²) in [5.41, 5.74) is 6.53. The van der Waals surface area contributed by atoms with Gasteiger partial charge in [0.05, 0.1) is 11.3 Å². The van der Waals surface area contributed by atoms with E-state index < -0.39 is 5.91 Å². The summed E-state index contributed by atoms with van der Waals surface area (Å²) in [5, 5.41) is 0. The smallest absolute Gasteiger partial charge is 0.252 e. The maximum Gasteiger partial charge on any atom is 0.252 e. The summed E-state index contributed by atoms with van der Waals surface area (Å²) in [4.78, 5) is 22.3. The van der Waals surface area contributed by atoms with Crippen LogP contribution in [-0.4, -0.2) is 29.0 Å². The van der Waals surface area contributed by atoms with E-state index >= 15 is 0 Å². The number of hydrogen-bond donors (Lipinski definition) is 1. The average molecular weight is 248 g/mol. The normalized spacial score (nSPS) is 16.1. The summed E-state index contributed by atoms with van der Waals surface area (Å²) < 4.78 is 0. The Morgan fingerprint density at radius 2 is 2.00 bits per heavy atom. The Hall–Kier alpha value is -1.65. The number of carbonyl (C=O) groups is 1. The van der Waals surface area contributed by atoms with Gasteiger partial charge >= 0.3 is 0 Å². The maximum atomic E-state index is 11.3. The van der Waals surface area contributed by atoms with Crippen LogP contribution in [0.15, 0.2) is 6.20 Å². The summed E-state index contributed by atoms with van der Waals surface area (Å²) >= 11 is 0. The van der Waals surface area contributed by atoms with Gasteiger partial charge in [0.1, 0.15) is 0 Å². The second-order valence-corrected chi connectivity index (χ2v) is 5.04. The molecular formula is C13H20N4O. The minimum absolute atomic E-state index is 0.166. The maximum absolute atomic E-state index is 11.3. The lowest BCUT2D eigenvalue weighted by molar-refractivity contribution is 0.0998. The zero-order chi connectivity index (χ0) is 13.1. The van der Waals surface area contributed by atoms with Crippen molar-refractivity contribution in [2.45, 2.75) is 39.0 Å². The number of anilines is 1. The van der Waals surface area contributed by atoms with Crippen molar-refractivity contribution < 1.29 is 4.79 Å². The Morgan fingerprint density at radius 1 is 1.33 bits per heavy atom. The Labute approximate surface area is 107 Å². The molecule has 2 heterocycles. The number of rotatable bonds is 3. The Morgan fingerprint density at radius 3 is 2.56 bits per heavy atom. The third-order valence-corrected chi connectivity index (χ3v) is 3.26. The van der Waals surface area contributed by atoms with E-state index in [9.17, 15) is 4.79 Å². The van der Waals surface area contributed by atoms with Gasteiger partial charge in [0, 0.05) is 19.3 Å². The van der Waals surface area contributed by atoms with Crippen molar-refractivity contribution >= 4 is 11.9 Å². The largest absolute Gasteiger partial charge is 0.365 e. The molecule has 0 unspecified atom stereocenters. The molecule has 1 aromatic heterocycles. The van der Waals surface area contributed by atoms with E-state index in [2.05, 4.69) is 14.9 Å². The van der Waals surface area contributed by atoms with Crippen LogP contribution in [-0.2, 0) is 0 Å². The van der Waals surface area contributed by atoms with Crippen LogP contribution in [0.1, 0.15) is 55.1 Å². The van der Waals surface area contributed by atoms with Crippen molar-refractivity contribution in [3.8, 4) is 0 Å². The van der Waals surface area contributed by atoms with Gasteiger partial charge in [0.2, 0.25) is 5.95 Å². The van der Waals surface area contributed by atoms with E-state index in [0.29, 0.717) is 5.56 Å². The average Bonchev–Trinajstić information content (AvgIpc) is 2.39. The molecule has 5 nitrogen and oxygen atoms in total. The van der Waals surface area contributed by atoms with Gasteiger partial charge in [-0.2, -0.15) is 0 Å². The Kier molecular flexibility index (Phi) is 3.79. The first kappa shape index (κ1) is 12.8. The van der Waals surface area contributed by atoms with Gasteiger partial charge in [-0.25, -0.2) is 9.97 Å². The second-order valence-electron chi connectivity index (χ2n) is 5.04. The molecule has 1 aromatic rings. The van der Waals surface area contributed by atoms with Gasteiger partial charge in [-0.1, -0.05) is 13.8 Å². The number of nitrogens with two attached hydrogens (primary N) is 1. The number of aromatic nitrogens is 2. The van der Waals surface area contributed by atoms with E-state index in [1.54, 1.807) is 6.20 Å². The molecule has 1 aliphatic heterocycles. The monoisotopic (exact) mass is 248 g/mol. The molecule has 0 aromatic carbocycles. The predicted octanol–water partition coefficient (Wildman–Crippen LogP) is 1.69. The molecular weight excluding hydrogens is 228 g/mol. The zero-order valence-electron chi connectivity index (χ0n) is 11.0. The molecule has 1 saturated heterocycles. The van der Waals surface area contributed by atoms with Crippen LogP contribution in [0.5, 0.6) is 0 Å². The van der Waals surface area contributed by atoms with Crippen molar-refractivity contribution in [1.82, 2.24) is 9.97 Å². The lowest BCUT2D eigenvalue weighted by Gasteiger charge is -2.27. The highest BCUT2D eigenvalue weighted by molar-refractivity contribution is 5.93. The summed E-state index contributed by atoms with van der Waals surface area (Å²) in [5.74, 6) is 0.436. The van der Waals surface area contributed by atoms with E-state index in [4.69, 9.17) is 5.73 Å². The molecule has 98 valence electrons. The van der Waals surface area contributed by atoms with Crippen molar-refractivity contribution in [2.75, 3.05) is 18.0 Å². The molecule has 2 N–H and O–H groups in total. The zero-order valence-corrected chi connectivity index (χ0v) is 11.0. The number of primary amides is 1. The van der Waals surface area contributed by atoms with Crippen LogP contribution in [0.2, 0.25) is 0 Å². The minimum atomic E-state index is -0.455. The van der Waals surface area contributed by atoms with Gasteiger partial charge in [0.15, 0.2) is 0 Å². The number of amides is 1. The standard InChI is InChI=1S/C13H20N4O/c1-9(2)11-10(12(14)18)8-15-13(16-11)17-6-4-3-5-7-17/h8-9H,3-7H2,1-2H3,(H2,14,18). The van der Waals surface area contributed by atoms with Crippen LogP contribution in [0.4, 0.5) is 5.95 Å². The molecule has 0 radical (unpaired) electrons. The highest BCUT2D eigenvalue weighted by Gasteiger charge is 2.18. The molecule has 5 heteroatoms. The van der Waals surface area contributed by atoms with Crippen molar-refractivity contribution in [3.05, 3.63) is 17.5 Å². The fourth-order valence-corrected chi connectivity index (χ4v) is 2.26. The number of hydrogen-bond acceptors (Lipinski definition) is 4. The first-order chi connectivity index (χ1) is 8.59. The van der Waals surface area contributed by atoms with Crippen LogP contribution in [0.3, 0.4) is 0 Å². The third kappa shape index (κ3) is 2.60. The fourth-order valence-electron chi connectivity index (χ4n) is 2.26. The summed E-state index contributed by atoms with van der Waals surface area (Å²) in [6, 6.07) is 0. The van der Waals surface area contributed by atoms with Gasteiger partial charge in [0.25, 0.3) is 5.91 Å². The molecule has 1 fully saturated rings. The van der Waals surface area contributed by atoms with E-state index in [1.807, 2.05) is 13.8 Å². The molecule has 0 bridgehead atoms. The predicted molar refractivity (Wildman–Crippen MR) is 70.7 cm³/mol. The third-order valence-electron chi connectivity index (χ3n) is 3.26. The molecule has 18 heavy (non-hydrogen) atoms. The van der Waals surface area contributed by atoms with Crippen LogP contribution in [0.25, 0.3) is 0 Å². The molecule has 0 atom stereocenters. The van der Waals surface area contributed by atoms with Gasteiger partial charge in [-0.15, -0.1) is 0 Å². The number of carbonyl (C=O) groups excluding carboxylic acids is 1. The van der Waals surface area contributed by atoms with Crippen molar-refractivity contribution in [2.24, 2.45) is 5.73 Å². The van der Waals surface area contributed by atoms with Crippen LogP contribution in [0, 0.1) is 0 Å². The highest BCUT2D eigenvalue weighted by atomic mass is 16.1. The molecule has 0 aliphatic carbocycles. The van der Waals surface area contributed by atoms with E-state index in [-0.39, 0.29) is 5.92 Å². The van der Waals surface area contributed by atoms with Crippen molar-refractivity contribution in [3.63, 3.8) is 0 Å². The first-order valence-electron chi connectivity index (χ1n) is 6.51. The van der Waals surface area contributed by atoms with E-state index in [0.717, 1.165) is 24.7 Å². The topological polar surface area (TPSA) is 72.1 Å². The molecule has 1 amide bonds. The van der Waals surface area contributed by atoms with Gasteiger partial charge in [-0.05, 0) is 25.2 Å². The lowest BCUT2D eigenvalue weighted by atomic mass is 10.0.